The van der Waals surface area contributed by atoms with Gasteiger partial charge in [-0.05, 0) is 37.6 Å². The number of carbonyl (C=O) groups excluding carboxylic acids is 1. The first-order valence-electron chi connectivity index (χ1n) is 8.72. The number of imidazole rings is 1. The molecule has 7 nitrogen and oxygen atoms in total. The molecule has 3 aromatic rings. The van der Waals surface area contributed by atoms with Crippen molar-refractivity contribution in [3.05, 3.63) is 53.6 Å². The third-order valence-electron chi connectivity index (χ3n) is 4.69. The van der Waals surface area contributed by atoms with Crippen LogP contribution in [0.4, 0.5) is 19.0 Å². The smallest absolute Gasteiger partial charge is 0.353 e. The van der Waals surface area contributed by atoms with E-state index < -0.39 is 17.6 Å². The molecule has 3 aromatic heterocycles. The number of fused-ring (bicyclic) bond motifs is 1. The Hall–Kier alpha value is -3.17. The quantitative estimate of drug-likeness (QED) is 0.744. The maximum absolute atomic E-state index is 12.8. The molecule has 4 heterocycles. The number of pyridine rings is 1. The highest BCUT2D eigenvalue weighted by atomic mass is 19.4. The number of amides is 1. The summed E-state index contributed by atoms with van der Waals surface area (Å²) in [5.41, 5.74) is 0.521. The topological polar surface area (TPSA) is 75.4 Å². The Kier molecular flexibility index (Phi) is 4.40. The average molecular weight is 390 g/mol. The van der Waals surface area contributed by atoms with Crippen LogP contribution in [0.15, 0.2) is 36.7 Å². The van der Waals surface area contributed by atoms with Gasteiger partial charge in [0, 0.05) is 25.3 Å². The Balaban J connectivity index is 1.44. The summed E-state index contributed by atoms with van der Waals surface area (Å²) in [6.07, 6.45) is -1.13. The lowest BCUT2D eigenvalue weighted by molar-refractivity contribution is -0.137. The van der Waals surface area contributed by atoms with Crippen LogP contribution >= 0.6 is 0 Å². The first-order valence-corrected chi connectivity index (χ1v) is 8.72. The summed E-state index contributed by atoms with van der Waals surface area (Å²) < 4.78 is 40.2. The molecule has 146 valence electrons. The number of carbonyl (C=O) groups is 1. The van der Waals surface area contributed by atoms with Crippen molar-refractivity contribution in [1.29, 1.82) is 0 Å². The van der Waals surface area contributed by atoms with Crippen molar-refractivity contribution < 1.29 is 18.0 Å². The second-order valence-corrected chi connectivity index (χ2v) is 6.69. The van der Waals surface area contributed by atoms with Gasteiger partial charge in [0.15, 0.2) is 5.65 Å². The molecule has 0 saturated carbocycles. The number of aromatic nitrogens is 4. The summed E-state index contributed by atoms with van der Waals surface area (Å²) >= 11 is 0. The lowest BCUT2D eigenvalue weighted by Crippen LogP contribution is -2.37. The fourth-order valence-electron chi connectivity index (χ4n) is 3.22. The Labute approximate surface area is 158 Å². The number of nitrogens with one attached hydrogen (secondary N) is 1. The number of hydrogen-bond acceptors (Lipinski definition) is 5. The molecule has 0 radical (unpaired) electrons. The Morgan fingerprint density at radius 3 is 2.86 bits per heavy atom. The summed E-state index contributed by atoms with van der Waals surface area (Å²) in [4.78, 5) is 22.3. The van der Waals surface area contributed by atoms with Crippen LogP contribution < -0.4 is 10.2 Å². The van der Waals surface area contributed by atoms with Crippen LogP contribution in [0.5, 0.6) is 0 Å². The van der Waals surface area contributed by atoms with Gasteiger partial charge in [0.2, 0.25) is 0 Å². The first kappa shape index (κ1) is 18.2. The number of halogens is 3. The van der Waals surface area contributed by atoms with Gasteiger partial charge in [-0.2, -0.15) is 13.2 Å². The lowest BCUT2D eigenvalue weighted by Gasteiger charge is -2.18. The van der Waals surface area contributed by atoms with Crippen molar-refractivity contribution in [3.63, 3.8) is 0 Å². The maximum atomic E-state index is 12.8. The van der Waals surface area contributed by atoms with Crippen LogP contribution in [0.3, 0.4) is 0 Å². The summed E-state index contributed by atoms with van der Waals surface area (Å²) in [5.74, 6) is 0.134. The fraction of sp³-hybridized carbons (Fsp3) is 0.333. The molecule has 0 unspecified atom stereocenters. The van der Waals surface area contributed by atoms with Crippen LogP contribution in [0, 0.1) is 6.92 Å². The Morgan fingerprint density at radius 1 is 1.25 bits per heavy atom. The van der Waals surface area contributed by atoms with Gasteiger partial charge < -0.3 is 10.2 Å². The molecule has 4 rings (SSSR count). The van der Waals surface area contributed by atoms with E-state index in [1.165, 1.54) is 0 Å². The van der Waals surface area contributed by atoms with Gasteiger partial charge in [0.1, 0.15) is 11.5 Å². The van der Waals surface area contributed by atoms with Crippen molar-refractivity contribution in [3.8, 4) is 0 Å². The molecule has 1 aliphatic rings. The molecule has 10 heteroatoms. The second kappa shape index (κ2) is 6.77. The third-order valence-corrected chi connectivity index (χ3v) is 4.69. The van der Waals surface area contributed by atoms with Crippen LogP contribution in [-0.2, 0) is 6.18 Å². The molecule has 0 aromatic carbocycles. The summed E-state index contributed by atoms with van der Waals surface area (Å²) in [5, 5.41) is 7.32. The van der Waals surface area contributed by atoms with Gasteiger partial charge in [-0.1, -0.05) is 0 Å². The van der Waals surface area contributed by atoms with Gasteiger partial charge in [-0.3, -0.25) is 9.78 Å². The summed E-state index contributed by atoms with van der Waals surface area (Å²) in [6.45, 7) is 3.09. The highest BCUT2D eigenvalue weighted by molar-refractivity contribution is 5.92. The molecular formula is C18H17F3N6O. The van der Waals surface area contributed by atoms with Crippen molar-refractivity contribution in [2.75, 3.05) is 18.0 Å². The number of aryl methyl sites for hydroxylation is 1. The van der Waals surface area contributed by atoms with E-state index in [0.29, 0.717) is 19.5 Å². The van der Waals surface area contributed by atoms with Crippen molar-refractivity contribution in [2.24, 2.45) is 0 Å². The molecule has 1 atom stereocenters. The largest absolute Gasteiger partial charge is 0.416 e. The third kappa shape index (κ3) is 3.49. The summed E-state index contributed by atoms with van der Waals surface area (Å²) in [6, 6.07) is 5.13. The molecule has 0 bridgehead atoms. The standard InChI is InChI=1S/C18H17F3N6O/c1-11-9-23-15-2-3-16(25-27(11)15)26-7-5-13(10-26)24-17(28)14-8-12(4-6-22-14)18(19,20)21/h2-4,6,8-9,13H,5,7,10H2,1H3,(H,24,28)/t13-/m0/s1. The van der Waals surface area contributed by atoms with Crippen LogP contribution in [0.2, 0.25) is 0 Å². The zero-order chi connectivity index (χ0) is 19.9. The SMILES string of the molecule is Cc1cnc2ccc(N3CC[C@H](NC(=O)c4cc(C(F)(F)F)ccn4)C3)nn12. The molecule has 1 N–H and O–H groups in total. The number of hydrogen-bond donors (Lipinski definition) is 1. The first-order chi connectivity index (χ1) is 13.3. The lowest BCUT2D eigenvalue weighted by atomic mass is 10.2. The monoisotopic (exact) mass is 390 g/mol. The van der Waals surface area contributed by atoms with Gasteiger partial charge in [-0.15, -0.1) is 5.10 Å². The van der Waals surface area contributed by atoms with Crippen molar-refractivity contribution >= 4 is 17.4 Å². The highest BCUT2D eigenvalue weighted by Gasteiger charge is 2.32. The number of alkyl halides is 3. The van der Waals surface area contributed by atoms with Crippen LogP contribution in [0.25, 0.3) is 5.65 Å². The minimum atomic E-state index is -4.52. The zero-order valence-corrected chi connectivity index (χ0v) is 14.9. The number of anilines is 1. The molecule has 1 saturated heterocycles. The average Bonchev–Trinajstić information content (AvgIpc) is 3.28. The predicted molar refractivity (Wildman–Crippen MR) is 95.0 cm³/mol. The number of nitrogens with zero attached hydrogens (tertiary/aromatic N) is 5. The van der Waals surface area contributed by atoms with E-state index in [9.17, 15) is 18.0 Å². The van der Waals surface area contributed by atoms with E-state index in [1.54, 1.807) is 10.7 Å². The number of rotatable bonds is 3. The van der Waals surface area contributed by atoms with E-state index >= 15 is 0 Å². The molecule has 1 aliphatic heterocycles. The molecule has 0 spiro atoms. The molecule has 1 amide bonds. The molecular weight excluding hydrogens is 373 g/mol. The van der Waals surface area contributed by atoms with Crippen LogP contribution in [-0.4, -0.2) is 44.6 Å². The molecule has 0 aliphatic carbocycles. The van der Waals surface area contributed by atoms with Crippen molar-refractivity contribution in [2.45, 2.75) is 25.6 Å². The van der Waals surface area contributed by atoms with E-state index in [0.717, 1.165) is 35.5 Å². The Morgan fingerprint density at radius 2 is 2.07 bits per heavy atom. The normalized spacial score (nSPS) is 17.3. The summed E-state index contributed by atoms with van der Waals surface area (Å²) in [7, 11) is 0. The zero-order valence-electron chi connectivity index (χ0n) is 14.9. The minimum absolute atomic E-state index is 0.203. The van der Waals surface area contributed by atoms with Gasteiger partial charge >= 0.3 is 6.18 Å². The van der Waals surface area contributed by atoms with E-state index in [-0.39, 0.29) is 11.7 Å². The Bertz CT molecular complexity index is 1030. The van der Waals surface area contributed by atoms with Crippen molar-refractivity contribution in [1.82, 2.24) is 24.9 Å². The fourth-order valence-corrected chi connectivity index (χ4v) is 3.22. The van der Waals surface area contributed by atoms with E-state index in [1.807, 2.05) is 24.0 Å². The maximum Gasteiger partial charge on any atom is 0.416 e. The van der Waals surface area contributed by atoms with Gasteiger partial charge in [-0.25, -0.2) is 9.50 Å². The van der Waals surface area contributed by atoms with Gasteiger partial charge in [0.05, 0.1) is 17.5 Å². The second-order valence-electron chi connectivity index (χ2n) is 6.69. The highest BCUT2D eigenvalue weighted by Crippen LogP contribution is 2.29. The van der Waals surface area contributed by atoms with Crippen LogP contribution in [0.1, 0.15) is 28.2 Å². The van der Waals surface area contributed by atoms with E-state index in [2.05, 4.69) is 20.4 Å². The van der Waals surface area contributed by atoms with Gasteiger partial charge in [0.25, 0.3) is 5.91 Å². The molecule has 1 fully saturated rings. The van der Waals surface area contributed by atoms with E-state index in [4.69, 9.17) is 0 Å². The minimum Gasteiger partial charge on any atom is -0.353 e. The predicted octanol–water partition coefficient (Wildman–Crippen LogP) is 2.46. The molecule has 28 heavy (non-hydrogen) atoms.